The Balaban J connectivity index is 0.765. The Morgan fingerprint density at radius 1 is 0.966 bits per heavy atom. The second-order valence-electron chi connectivity index (χ2n) is 16.9. The number of anilines is 2. The second-order valence-corrected chi connectivity index (χ2v) is 16.9. The number of H-pyrrole nitrogens is 1. The van der Waals surface area contributed by atoms with E-state index >= 15 is 0 Å². The number of alkyl halides is 3. The molecule has 0 saturated carbocycles. The van der Waals surface area contributed by atoms with Crippen LogP contribution in [0.5, 0.6) is 5.75 Å². The van der Waals surface area contributed by atoms with Crippen LogP contribution in [0.3, 0.4) is 0 Å². The summed E-state index contributed by atoms with van der Waals surface area (Å²) >= 11 is 0. The average Bonchev–Trinajstić information content (AvgIpc) is 3.82. The van der Waals surface area contributed by atoms with Gasteiger partial charge in [0.15, 0.2) is 0 Å². The van der Waals surface area contributed by atoms with Gasteiger partial charge in [0.1, 0.15) is 24.2 Å². The molecule has 4 atom stereocenters. The molecule has 2 N–H and O–H groups in total. The SMILES string of the molecule is C[C@@H]1Cc2c(ccc3[nH]ncc23)[C@@H](c2ccc(N3CCC(CN4CCN5c6cc7c(cc6OC[C@@H]5C4)C(=O)N([C@H]4CCC(=O)NC4=O)C7)CC3)nc2)N1CC(F)(F)F. The van der Waals surface area contributed by atoms with Gasteiger partial charge in [-0.3, -0.25) is 34.6 Å². The molecule has 0 unspecified atom stereocenters. The minimum Gasteiger partial charge on any atom is -0.489 e. The van der Waals surface area contributed by atoms with E-state index in [-0.39, 0.29) is 30.3 Å². The number of aromatic nitrogens is 3. The molecular formula is C42H46F3N9O4. The van der Waals surface area contributed by atoms with Gasteiger partial charge in [0, 0.05) is 75.4 Å². The van der Waals surface area contributed by atoms with E-state index in [2.05, 4.69) is 36.3 Å². The Kier molecular flexibility index (Phi) is 9.11. The van der Waals surface area contributed by atoms with Gasteiger partial charge in [-0.2, -0.15) is 18.3 Å². The summed E-state index contributed by atoms with van der Waals surface area (Å²) in [6, 6.07) is 10.3. The number of ether oxygens (including phenoxy) is 1. The van der Waals surface area contributed by atoms with E-state index in [1.807, 2.05) is 37.3 Å². The molecule has 0 bridgehead atoms. The largest absolute Gasteiger partial charge is 0.489 e. The molecule has 0 radical (unpaired) electrons. The third-order valence-corrected chi connectivity index (χ3v) is 13.3. The number of imide groups is 1. The predicted octanol–water partition coefficient (Wildman–Crippen LogP) is 4.42. The zero-order valence-electron chi connectivity index (χ0n) is 32.3. The topological polar surface area (TPSA) is 130 Å². The predicted molar refractivity (Wildman–Crippen MR) is 209 cm³/mol. The number of pyridine rings is 1. The number of piperidine rings is 2. The fraction of sp³-hybridized carbons (Fsp3) is 0.500. The van der Waals surface area contributed by atoms with Crippen molar-refractivity contribution in [2.24, 2.45) is 5.92 Å². The highest BCUT2D eigenvalue weighted by Crippen LogP contribution is 2.43. The number of hydrogen-bond donors (Lipinski definition) is 2. The number of piperazine rings is 1. The molecule has 2 aromatic heterocycles. The van der Waals surface area contributed by atoms with Crippen molar-refractivity contribution in [1.82, 2.24) is 35.2 Å². The van der Waals surface area contributed by atoms with E-state index in [4.69, 9.17) is 9.72 Å². The molecule has 10 rings (SSSR count). The summed E-state index contributed by atoms with van der Waals surface area (Å²) in [4.78, 5) is 52.8. The van der Waals surface area contributed by atoms with Crippen LogP contribution in [-0.2, 0) is 22.6 Å². The highest BCUT2D eigenvalue weighted by molar-refractivity contribution is 6.06. The van der Waals surface area contributed by atoms with Gasteiger partial charge in [-0.05, 0) is 85.0 Å². The minimum atomic E-state index is -4.33. The summed E-state index contributed by atoms with van der Waals surface area (Å²) in [6.45, 7) is 7.08. The minimum absolute atomic E-state index is 0.183. The molecule has 304 valence electrons. The molecular weight excluding hydrogens is 752 g/mol. The van der Waals surface area contributed by atoms with Gasteiger partial charge >= 0.3 is 6.18 Å². The Hall–Kier alpha value is -5.22. The van der Waals surface area contributed by atoms with Crippen LogP contribution in [0.25, 0.3) is 10.9 Å². The molecule has 0 aliphatic carbocycles. The summed E-state index contributed by atoms with van der Waals surface area (Å²) in [6.07, 6.45) is 2.29. The Morgan fingerprint density at radius 3 is 2.59 bits per heavy atom. The van der Waals surface area contributed by atoms with Crippen LogP contribution in [-0.4, -0.2) is 124 Å². The molecule has 16 heteroatoms. The Bertz CT molecular complexity index is 2270. The molecule has 58 heavy (non-hydrogen) atoms. The molecule has 3 amide bonds. The maximum absolute atomic E-state index is 13.9. The van der Waals surface area contributed by atoms with Crippen LogP contribution in [0.4, 0.5) is 24.7 Å². The lowest BCUT2D eigenvalue weighted by atomic mass is 9.84. The van der Waals surface area contributed by atoms with Crippen molar-refractivity contribution in [2.45, 2.75) is 75.9 Å². The summed E-state index contributed by atoms with van der Waals surface area (Å²) in [5.41, 5.74) is 5.97. The van der Waals surface area contributed by atoms with Crippen molar-refractivity contribution in [2.75, 3.05) is 62.2 Å². The Morgan fingerprint density at radius 2 is 1.81 bits per heavy atom. The summed E-state index contributed by atoms with van der Waals surface area (Å²) in [5.74, 6) is 1.16. The Labute approximate surface area is 333 Å². The van der Waals surface area contributed by atoms with Gasteiger partial charge in [-0.1, -0.05) is 12.1 Å². The molecule has 3 saturated heterocycles. The van der Waals surface area contributed by atoms with E-state index < -0.39 is 30.7 Å². The molecule has 0 spiro atoms. The van der Waals surface area contributed by atoms with Gasteiger partial charge in [0.2, 0.25) is 11.8 Å². The number of carbonyl (C=O) groups is 3. The van der Waals surface area contributed by atoms with Gasteiger partial charge in [0.25, 0.3) is 5.91 Å². The highest BCUT2D eigenvalue weighted by Gasteiger charge is 2.43. The average molecular weight is 798 g/mol. The zero-order chi connectivity index (χ0) is 39.9. The van der Waals surface area contributed by atoms with E-state index in [1.54, 1.807) is 22.2 Å². The van der Waals surface area contributed by atoms with Crippen molar-refractivity contribution in [3.63, 3.8) is 0 Å². The molecule has 6 aliphatic rings. The number of aromatic amines is 1. The van der Waals surface area contributed by atoms with Crippen LogP contribution < -0.4 is 19.9 Å². The van der Waals surface area contributed by atoms with Crippen LogP contribution in [0.2, 0.25) is 0 Å². The smallest absolute Gasteiger partial charge is 0.401 e. The molecule has 3 fully saturated rings. The number of benzene rings is 2. The van der Waals surface area contributed by atoms with E-state index in [1.165, 1.54) is 0 Å². The molecule has 2 aromatic carbocycles. The van der Waals surface area contributed by atoms with E-state index in [0.29, 0.717) is 43.2 Å². The lowest BCUT2D eigenvalue weighted by molar-refractivity contribution is -0.155. The summed E-state index contributed by atoms with van der Waals surface area (Å²) in [7, 11) is 0. The number of rotatable bonds is 6. The number of hydrogen-bond acceptors (Lipinski definition) is 10. The second kappa shape index (κ2) is 14.3. The van der Waals surface area contributed by atoms with Gasteiger partial charge in [-0.25, -0.2) is 4.98 Å². The first-order chi connectivity index (χ1) is 28.0. The molecule has 13 nitrogen and oxygen atoms in total. The number of carbonyl (C=O) groups excluding carboxylic acids is 3. The molecule has 4 aromatic rings. The monoisotopic (exact) mass is 797 g/mol. The lowest BCUT2D eigenvalue weighted by Crippen LogP contribution is -2.58. The standard InChI is InChI=1S/C42H46F3N9O4/c1-24-14-31-29(3-4-33-32(31)18-47-49-33)39(54(24)23-42(43,44)45)26-2-6-37(46-17-26)51-10-8-25(9-11-51)19-50-12-13-52-28(21-50)22-58-36-16-30-27(15-35(36)52)20-53(41(30)57)34-5-7-38(55)48-40(34)56/h2-4,6,15-18,24-25,28,34,39H,5,7-14,19-23H2,1H3,(H,47,49)(H,48,55,56)/t24-,28+,34+,39-/m1/s1. The van der Waals surface area contributed by atoms with Crippen LogP contribution >= 0.6 is 0 Å². The quantitative estimate of drug-likeness (QED) is 0.271. The lowest BCUT2D eigenvalue weighted by Gasteiger charge is -2.47. The van der Waals surface area contributed by atoms with E-state index in [9.17, 15) is 27.6 Å². The number of nitrogens with zero attached hydrogens (tertiary/aromatic N) is 7. The van der Waals surface area contributed by atoms with Crippen molar-refractivity contribution in [3.05, 3.63) is 76.6 Å². The maximum Gasteiger partial charge on any atom is 0.401 e. The summed E-state index contributed by atoms with van der Waals surface area (Å²) in [5, 5.41) is 10.5. The fourth-order valence-corrected chi connectivity index (χ4v) is 10.4. The van der Waals surface area contributed by atoms with Crippen molar-refractivity contribution in [3.8, 4) is 5.75 Å². The molecule has 6 aliphatic heterocycles. The first kappa shape index (κ1) is 37.1. The van der Waals surface area contributed by atoms with Crippen LogP contribution in [0.15, 0.2) is 48.8 Å². The fourth-order valence-electron chi connectivity index (χ4n) is 10.4. The summed E-state index contributed by atoms with van der Waals surface area (Å²) < 4.78 is 48.0. The normalized spacial score (nSPS) is 25.7. The number of amides is 3. The number of nitrogens with one attached hydrogen (secondary N) is 2. The first-order valence-electron chi connectivity index (χ1n) is 20.4. The maximum atomic E-state index is 13.9. The van der Waals surface area contributed by atoms with Gasteiger partial charge < -0.3 is 19.4 Å². The van der Waals surface area contributed by atoms with Crippen LogP contribution in [0, 0.1) is 5.92 Å². The first-order valence-corrected chi connectivity index (χ1v) is 20.4. The van der Waals surface area contributed by atoms with Crippen LogP contribution in [0.1, 0.15) is 71.3 Å². The van der Waals surface area contributed by atoms with Gasteiger partial charge in [-0.15, -0.1) is 0 Å². The number of fused-ring (bicyclic) bond motifs is 7. The van der Waals surface area contributed by atoms with Gasteiger partial charge in [0.05, 0.1) is 36.0 Å². The number of halogens is 3. The van der Waals surface area contributed by atoms with Crippen molar-refractivity contribution < 1.29 is 32.3 Å². The molecule has 8 heterocycles. The third kappa shape index (κ3) is 6.63. The van der Waals surface area contributed by atoms with Crippen molar-refractivity contribution >= 4 is 40.1 Å². The van der Waals surface area contributed by atoms with E-state index in [0.717, 1.165) is 96.8 Å². The van der Waals surface area contributed by atoms with Crippen molar-refractivity contribution in [1.29, 1.82) is 0 Å². The highest BCUT2D eigenvalue weighted by atomic mass is 19.4. The third-order valence-electron chi connectivity index (χ3n) is 13.3. The zero-order valence-corrected chi connectivity index (χ0v) is 32.3.